The van der Waals surface area contributed by atoms with E-state index in [1.807, 2.05) is 6.92 Å². The minimum Gasteiger partial charge on any atom is -0.309 e. The molecule has 3 nitrogen and oxygen atoms in total. The van der Waals surface area contributed by atoms with Crippen LogP contribution < -0.4 is 0 Å². The first kappa shape index (κ1) is 14.6. The van der Waals surface area contributed by atoms with Gasteiger partial charge in [0.25, 0.3) is 0 Å². The summed E-state index contributed by atoms with van der Waals surface area (Å²) in [6.45, 7) is 5.86. The fourth-order valence-corrected chi connectivity index (χ4v) is 3.86. The highest BCUT2D eigenvalue weighted by atomic mass is 32.5. The third-order valence-electron chi connectivity index (χ3n) is 3.16. The van der Waals surface area contributed by atoms with Gasteiger partial charge in [-0.25, -0.2) is 0 Å². The van der Waals surface area contributed by atoms with Crippen LogP contribution in [0.2, 0.25) is 0 Å². The number of hydrogen-bond acceptors (Lipinski definition) is 4. The molecule has 0 unspecified atom stereocenters. The standard InChI is InChI=1S/C11H23O3PS/c1-4-7-8-11(5-2)9-13-15(16,12-6-3)14-10-11/h4-10H2,1-3H3. The van der Waals surface area contributed by atoms with E-state index in [9.17, 15) is 0 Å². The predicted molar refractivity (Wildman–Crippen MR) is 70.1 cm³/mol. The maximum atomic E-state index is 5.69. The molecule has 0 atom stereocenters. The minimum atomic E-state index is -2.41. The van der Waals surface area contributed by atoms with Crippen molar-refractivity contribution in [3.63, 3.8) is 0 Å². The highest BCUT2D eigenvalue weighted by Gasteiger charge is 2.38. The van der Waals surface area contributed by atoms with Gasteiger partial charge >= 0.3 is 6.72 Å². The van der Waals surface area contributed by atoms with E-state index in [-0.39, 0.29) is 5.41 Å². The van der Waals surface area contributed by atoms with Crippen molar-refractivity contribution in [3.05, 3.63) is 0 Å². The Morgan fingerprint density at radius 3 is 2.31 bits per heavy atom. The number of hydrogen-bond donors (Lipinski definition) is 0. The van der Waals surface area contributed by atoms with Crippen LogP contribution in [0.1, 0.15) is 46.5 Å². The first-order valence-corrected chi connectivity index (χ1v) is 8.69. The Labute approximate surface area is 104 Å². The molecule has 16 heavy (non-hydrogen) atoms. The Bertz CT molecular complexity index is 246. The lowest BCUT2D eigenvalue weighted by atomic mass is 9.82. The molecule has 0 N–H and O–H groups in total. The van der Waals surface area contributed by atoms with Gasteiger partial charge in [-0.2, -0.15) is 0 Å². The van der Waals surface area contributed by atoms with Crippen LogP contribution in [0, 0.1) is 5.41 Å². The highest BCUT2D eigenvalue weighted by Crippen LogP contribution is 2.56. The zero-order valence-corrected chi connectivity index (χ0v) is 12.2. The van der Waals surface area contributed by atoms with Crippen LogP contribution in [0.15, 0.2) is 0 Å². The summed E-state index contributed by atoms with van der Waals surface area (Å²) in [5.74, 6) is 0. The molecule has 0 bridgehead atoms. The Hall–Kier alpha value is 0.530. The van der Waals surface area contributed by atoms with Crippen LogP contribution in [0.5, 0.6) is 0 Å². The maximum absolute atomic E-state index is 5.69. The van der Waals surface area contributed by atoms with E-state index in [0.717, 1.165) is 12.8 Å². The van der Waals surface area contributed by atoms with Gasteiger partial charge in [0.2, 0.25) is 0 Å². The first-order valence-electron chi connectivity index (χ1n) is 6.13. The van der Waals surface area contributed by atoms with Crippen LogP contribution in [0.25, 0.3) is 0 Å². The largest absolute Gasteiger partial charge is 0.327 e. The van der Waals surface area contributed by atoms with Crippen LogP contribution in [0.3, 0.4) is 0 Å². The third kappa shape index (κ3) is 3.78. The Morgan fingerprint density at radius 1 is 1.25 bits per heavy atom. The van der Waals surface area contributed by atoms with Gasteiger partial charge in [0, 0.05) is 5.41 Å². The number of rotatable bonds is 6. The summed E-state index contributed by atoms with van der Waals surface area (Å²) in [5, 5.41) is 0. The van der Waals surface area contributed by atoms with Crippen LogP contribution >= 0.6 is 6.72 Å². The Balaban J connectivity index is 2.52. The smallest absolute Gasteiger partial charge is 0.309 e. The topological polar surface area (TPSA) is 27.7 Å². The van der Waals surface area contributed by atoms with Gasteiger partial charge in [0.05, 0.1) is 19.8 Å². The fraction of sp³-hybridized carbons (Fsp3) is 1.00. The van der Waals surface area contributed by atoms with Crippen molar-refractivity contribution in [2.75, 3.05) is 19.8 Å². The molecule has 5 heteroatoms. The zero-order valence-electron chi connectivity index (χ0n) is 10.5. The van der Waals surface area contributed by atoms with E-state index in [1.54, 1.807) is 0 Å². The molecule has 1 fully saturated rings. The molecule has 0 saturated carbocycles. The molecule has 0 aliphatic carbocycles. The summed E-state index contributed by atoms with van der Waals surface area (Å²) in [4.78, 5) is 0. The van der Waals surface area contributed by atoms with Crippen molar-refractivity contribution in [1.82, 2.24) is 0 Å². The van der Waals surface area contributed by atoms with Crippen molar-refractivity contribution in [2.45, 2.75) is 46.5 Å². The predicted octanol–water partition coefficient (Wildman–Crippen LogP) is 3.88. The minimum absolute atomic E-state index is 0.162. The fourth-order valence-electron chi connectivity index (χ4n) is 1.82. The van der Waals surface area contributed by atoms with E-state index >= 15 is 0 Å². The van der Waals surface area contributed by atoms with E-state index in [1.165, 1.54) is 12.8 Å². The SMILES string of the molecule is CCCCC1(CC)COP(=S)(OCC)OC1. The quantitative estimate of drug-likeness (QED) is 0.682. The van der Waals surface area contributed by atoms with Crippen LogP contribution in [-0.2, 0) is 25.4 Å². The third-order valence-corrected chi connectivity index (χ3v) is 5.57. The van der Waals surface area contributed by atoms with Gasteiger partial charge in [-0.05, 0) is 31.6 Å². The molecule has 0 radical (unpaired) electrons. The van der Waals surface area contributed by atoms with Gasteiger partial charge in [-0.1, -0.05) is 26.7 Å². The molecule has 0 aromatic carbocycles. The van der Waals surface area contributed by atoms with E-state index in [4.69, 9.17) is 25.4 Å². The lowest BCUT2D eigenvalue weighted by Crippen LogP contribution is -2.35. The molecule has 1 aliphatic heterocycles. The van der Waals surface area contributed by atoms with Gasteiger partial charge in [-0.15, -0.1) is 0 Å². The lowest BCUT2D eigenvalue weighted by molar-refractivity contribution is -0.00376. The summed E-state index contributed by atoms with van der Waals surface area (Å²) < 4.78 is 16.8. The molecule has 0 amide bonds. The van der Waals surface area contributed by atoms with Crippen molar-refractivity contribution in [3.8, 4) is 0 Å². The second kappa shape index (κ2) is 6.46. The first-order chi connectivity index (χ1) is 7.60. The van der Waals surface area contributed by atoms with Crippen LogP contribution in [0.4, 0.5) is 0 Å². The monoisotopic (exact) mass is 266 g/mol. The molecule has 96 valence electrons. The van der Waals surface area contributed by atoms with Gasteiger partial charge < -0.3 is 13.6 Å². The van der Waals surface area contributed by atoms with Crippen molar-refractivity contribution in [2.24, 2.45) is 5.41 Å². The van der Waals surface area contributed by atoms with Gasteiger partial charge in [0.15, 0.2) is 0 Å². The molecular weight excluding hydrogens is 243 g/mol. The van der Waals surface area contributed by atoms with Crippen molar-refractivity contribution >= 4 is 18.5 Å². The molecule has 0 spiro atoms. The molecular formula is C11H23O3PS. The van der Waals surface area contributed by atoms with Gasteiger partial charge in [-0.3, -0.25) is 0 Å². The van der Waals surface area contributed by atoms with Crippen molar-refractivity contribution < 1.29 is 13.6 Å². The zero-order chi connectivity index (χ0) is 12.1. The lowest BCUT2D eigenvalue weighted by Gasteiger charge is -2.40. The van der Waals surface area contributed by atoms with Crippen molar-refractivity contribution in [1.29, 1.82) is 0 Å². The molecule has 1 saturated heterocycles. The van der Waals surface area contributed by atoms with Gasteiger partial charge in [0.1, 0.15) is 0 Å². The second-order valence-electron chi connectivity index (χ2n) is 4.37. The molecule has 1 aliphatic rings. The van der Waals surface area contributed by atoms with E-state index in [0.29, 0.717) is 19.8 Å². The molecule has 0 aromatic heterocycles. The number of unbranched alkanes of at least 4 members (excludes halogenated alkanes) is 1. The Morgan fingerprint density at radius 2 is 1.88 bits per heavy atom. The molecule has 1 heterocycles. The second-order valence-corrected chi connectivity index (χ2v) is 7.38. The Kier molecular flexibility index (Phi) is 5.89. The summed E-state index contributed by atoms with van der Waals surface area (Å²) in [6.07, 6.45) is 4.66. The summed E-state index contributed by atoms with van der Waals surface area (Å²) in [6, 6.07) is 0. The molecule has 0 aromatic rings. The van der Waals surface area contributed by atoms with E-state index < -0.39 is 6.72 Å². The highest BCUT2D eigenvalue weighted by molar-refractivity contribution is 8.07. The average molecular weight is 266 g/mol. The van der Waals surface area contributed by atoms with Crippen LogP contribution in [-0.4, -0.2) is 19.8 Å². The summed E-state index contributed by atoms with van der Waals surface area (Å²) in [7, 11) is 0. The molecule has 1 rings (SSSR count). The normalized spacial score (nSPS) is 35.2. The average Bonchev–Trinajstić information content (AvgIpc) is 2.30. The summed E-state index contributed by atoms with van der Waals surface area (Å²) in [5.41, 5.74) is 0.162. The summed E-state index contributed by atoms with van der Waals surface area (Å²) >= 11 is 5.26. The van der Waals surface area contributed by atoms with E-state index in [2.05, 4.69) is 13.8 Å². The maximum Gasteiger partial charge on any atom is 0.327 e.